The summed E-state index contributed by atoms with van der Waals surface area (Å²) in [5.74, 6) is 0.703. The van der Waals surface area contributed by atoms with Gasteiger partial charge in [-0.15, -0.1) is 0 Å². The van der Waals surface area contributed by atoms with Gasteiger partial charge in [-0.25, -0.2) is 9.97 Å². The van der Waals surface area contributed by atoms with Crippen LogP contribution >= 0.6 is 0 Å². The Hall–Kier alpha value is -2.96. The fourth-order valence-electron chi connectivity index (χ4n) is 3.79. The van der Waals surface area contributed by atoms with Crippen LogP contribution in [0.5, 0.6) is 0 Å². The van der Waals surface area contributed by atoms with Crippen molar-refractivity contribution in [1.82, 2.24) is 20.2 Å². The summed E-state index contributed by atoms with van der Waals surface area (Å²) in [6, 6.07) is 9.19. The number of hydrogen-bond donors (Lipinski definition) is 1. The third-order valence-corrected chi connectivity index (χ3v) is 5.15. The molecule has 0 radical (unpaired) electrons. The molecule has 7 heteroatoms. The highest BCUT2D eigenvalue weighted by atomic mass is 16.2. The quantitative estimate of drug-likeness (QED) is 0.894. The van der Waals surface area contributed by atoms with Crippen LogP contribution in [0.3, 0.4) is 0 Å². The van der Waals surface area contributed by atoms with Gasteiger partial charge in [0.25, 0.3) is 5.91 Å². The molecule has 1 N–H and O–H groups in total. The summed E-state index contributed by atoms with van der Waals surface area (Å²) in [6.07, 6.45) is 0.294. The number of aryl methyl sites for hydroxylation is 2. The van der Waals surface area contributed by atoms with Crippen molar-refractivity contribution >= 4 is 17.8 Å². The molecule has 7 nitrogen and oxygen atoms in total. The summed E-state index contributed by atoms with van der Waals surface area (Å²) in [6.45, 7) is 6.62. The average molecular weight is 365 g/mol. The lowest BCUT2D eigenvalue weighted by atomic mass is 10.0. The molecule has 0 aliphatic carbocycles. The van der Waals surface area contributed by atoms with Crippen LogP contribution in [0.1, 0.15) is 39.8 Å². The number of rotatable bonds is 3. The van der Waals surface area contributed by atoms with E-state index < -0.39 is 0 Å². The van der Waals surface area contributed by atoms with Crippen molar-refractivity contribution in [2.75, 3.05) is 31.1 Å². The molecule has 1 aromatic heterocycles. The van der Waals surface area contributed by atoms with Crippen molar-refractivity contribution in [3.8, 4) is 0 Å². The zero-order chi connectivity index (χ0) is 19.0. The van der Waals surface area contributed by atoms with Gasteiger partial charge in [-0.3, -0.25) is 9.59 Å². The van der Waals surface area contributed by atoms with Gasteiger partial charge in [0, 0.05) is 43.1 Å². The van der Waals surface area contributed by atoms with Gasteiger partial charge in [0.15, 0.2) is 0 Å². The van der Waals surface area contributed by atoms with Crippen molar-refractivity contribution in [2.45, 2.75) is 26.3 Å². The van der Waals surface area contributed by atoms with Gasteiger partial charge in [-0.1, -0.05) is 18.2 Å². The van der Waals surface area contributed by atoms with E-state index in [-0.39, 0.29) is 17.9 Å². The second-order valence-corrected chi connectivity index (χ2v) is 7.14. The van der Waals surface area contributed by atoms with Gasteiger partial charge in [0.2, 0.25) is 11.9 Å². The molecule has 0 unspecified atom stereocenters. The molecule has 1 aromatic carbocycles. The van der Waals surface area contributed by atoms with E-state index in [4.69, 9.17) is 0 Å². The Balaban J connectivity index is 1.37. The Morgan fingerprint density at radius 1 is 1.11 bits per heavy atom. The molecular formula is C20H23N5O2. The molecule has 2 aliphatic rings. The molecule has 2 aliphatic heterocycles. The van der Waals surface area contributed by atoms with Gasteiger partial charge in [0.05, 0.1) is 12.5 Å². The SMILES string of the molecule is Cc1cc(C)nc(N2CCN(C(=O)C[C@@H]3NC(=O)c4ccccc43)CC2)n1. The average Bonchev–Trinajstić information content (AvgIpc) is 2.97. The number of nitrogens with one attached hydrogen (secondary N) is 1. The number of anilines is 1. The molecule has 27 heavy (non-hydrogen) atoms. The van der Waals surface area contributed by atoms with Crippen LogP contribution < -0.4 is 10.2 Å². The minimum Gasteiger partial charge on any atom is -0.345 e. The number of fused-ring (bicyclic) bond motifs is 1. The summed E-state index contributed by atoms with van der Waals surface area (Å²) in [5, 5.41) is 2.92. The summed E-state index contributed by atoms with van der Waals surface area (Å²) in [4.78, 5) is 37.8. The monoisotopic (exact) mass is 365 g/mol. The van der Waals surface area contributed by atoms with Crippen molar-refractivity contribution in [3.63, 3.8) is 0 Å². The molecule has 2 amide bonds. The van der Waals surface area contributed by atoms with Crippen LogP contribution in [-0.2, 0) is 4.79 Å². The molecule has 0 bridgehead atoms. The molecule has 2 aromatic rings. The van der Waals surface area contributed by atoms with E-state index in [9.17, 15) is 9.59 Å². The van der Waals surface area contributed by atoms with Crippen molar-refractivity contribution in [3.05, 3.63) is 52.8 Å². The lowest BCUT2D eigenvalue weighted by molar-refractivity contribution is -0.132. The fourth-order valence-corrected chi connectivity index (χ4v) is 3.79. The third-order valence-electron chi connectivity index (χ3n) is 5.15. The molecule has 1 saturated heterocycles. The molecule has 140 valence electrons. The van der Waals surface area contributed by atoms with Crippen molar-refractivity contribution in [2.24, 2.45) is 0 Å². The second kappa shape index (κ2) is 6.98. The predicted octanol–water partition coefficient (Wildman–Crippen LogP) is 1.62. The van der Waals surface area contributed by atoms with Crippen LogP contribution in [0, 0.1) is 13.8 Å². The summed E-state index contributed by atoms with van der Waals surface area (Å²) in [7, 11) is 0. The molecule has 4 rings (SSSR count). The Morgan fingerprint density at radius 2 is 1.78 bits per heavy atom. The highest BCUT2D eigenvalue weighted by Gasteiger charge is 2.32. The summed E-state index contributed by atoms with van der Waals surface area (Å²) >= 11 is 0. The summed E-state index contributed by atoms with van der Waals surface area (Å²) in [5.41, 5.74) is 3.49. The van der Waals surface area contributed by atoms with E-state index in [2.05, 4.69) is 20.2 Å². The van der Waals surface area contributed by atoms with Gasteiger partial charge in [0.1, 0.15) is 0 Å². The molecule has 3 heterocycles. The first-order chi connectivity index (χ1) is 13.0. The first-order valence-electron chi connectivity index (χ1n) is 9.26. The number of piperazine rings is 1. The normalized spacial score (nSPS) is 19.0. The largest absolute Gasteiger partial charge is 0.345 e. The van der Waals surface area contributed by atoms with E-state index in [0.717, 1.165) is 22.9 Å². The van der Waals surface area contributed by atoms with Crippen LogP contribution in [-0.4, -0.2) is 52.9 Å². The molecular weight excluding hydrogens is 342 g/mol. The zero-order valence-corrected chi connectivity index (χ0v) is 15.6. The minimum absolute atomic E-state index is 0.0676. The number of hydrogen-bond acceptors (Lipinski definition) is 5. The molecule has 1 fully saturated rings. The maximum absolute atomic E-state index is 12.7. The number of amides is 2. The first-order valence-corrected chi connectivity index (χ1v) is 9.26. The fraction of sp³-hybridized carbons (Fsp3) is 0.400. The van der Waals surface area contributed by atoms with Crippen LogP contribution in [0.15, 0.2) is 30.3 Å². The van der Waals surface area contributed by atoms with Crippen molar-refractivity contribution < 1.29 is 9.59 Å². The van der Waals surface area contributed by atoms with Crippen LogP contribution in [0.25, 0.3) is 0 Å². The number of nitrogens with zero attached hydrogens (tertiary/aromatic N) is 4. The van der Waals surface area contributed by atoms with E-state index in [1.54, 1.807) is 6.07 Å². The summed E-state index contributed by atoms with van der Waals surface area (Å²) < 4.78 is 0. The molecule has 0 spiro atoms. The van der Waals surface area contributed by atoms with E-state index >= 15 is 0 Å². The smallest absolute Gasteiger partial charge is 0.252 e. The number of carbonyl (C=O) groups is 2. The maximum atomic E-state index is 12.7. The van der Waals surface area contributed by atoms with Gasteiger partial charge in [-0.05, 0) is 31.5 Å². The lowest BCUT2D eigenvalue weighted by Gasteiger charge is -2.35. The van der Waals surface area contributed by atoms with Gasteiger partial charge in [-0.2, -0.15) is 0 Å². The third kappa shape index (κ3) is 3.49. The van der Waals surface area contributed by atoms with Gasteiger partial charge < -0.3 is 15.1 Å². The zero-order valence-electron chi connectivity index (χ0n) is 15.6. The lowest BCUT2D eigenvalue weighted by Crippen LogP contribution is -2.49. The highest BCUT2D eigenvalue weighted by molar-refractivity contribution is 5.99. The number of benzene rings is 1. The number of aromatic nitrogens is 2. The van der Waals surface area contributed by atoms with E-state index in [1.807, 2.05) is 43.0 Å². The standard InChI is InChI=1S/C20H23N5O2/c1-13-11-14(2)22-20(21-13)25-9-7-24(8-10-25)18(26)12-17-15-5-3-4-6-16(15)19(27)23-17/h3-6,11,17H,7-10,12H2,1-2H3,(H,23,27)/t17-/m0/s1. The van der Waals surface area contributed by atoms with E-state index in [0.29, 0.717) is 38.2 Å². The maximum Gasteiger partial charge on any atom is 0.252 e. The Labute approximate surface area is 158 Å². The Morgan fingerprint density at radius 3 is 2.48 bits per heavy atom. The van der Waals surface area contributed by atoms with Crippen molar-refractivity contribution in [1.29, 1.82) is 0 Å². The first kappa shape index (κ1) is 17.5. The Kier molecular flexibility index (Phi) is 4.51. The van der Waals surface area contributed by atoms with Crippen LogP contribution in [0.2, 0.25) is 0 Å². The predicted molar refractivity (Wildman–Crippen MR) is 102 cm³/mol. The van der Waals surface area contributed by atoms with Crippen LogP contribution in [0.4, 0.5) is 5.95 Å². The topological polar surface area (TPSA) is 78.4 Å². The van der Waals surface area contributed by atoms with E-state index in [1.165, 1.54) is 0 Å². The number of carbonyl (C=O) groups excluding carboxylic acids is 2. The highest BCUT2D eigenvalue weighted by Crippen LogP contribution is 2.28. The van der Waals surface area contributed by atoms with Gasteiger partial charge >= 0.3 is 0 Å². The minimum atomic E-state index is -0.234. The molecule has 1 atom stereocenters. The second-order valence-electron chi connectivity index (χ2n) is 7.14. The Bertz CT molecular complexity index is 869. The molecule has 0 saturated carbocycles.